The number of alkyl halides is 3. The number of hydrogen-bond donors (Lipinski definition) is 11. The number of nitrogens with zero attached hydrogens (tertiary/aromatic N) is 1. The summed E-state index contributed by atoms with van der Waals surface area (Å²) in [6, 6.07) is 2.64. The van der Waals surface area contributed by atoms with Crippen molar-refractivity contribution in [3.8, 4) is 0 Å². The van der Waals surface area contributed by atoms with Crippen LogP contribution in [0.2, 0.25) is 0 Å². The van der Waals surface area contributed by atoms with Crippen molar-refractivity contribution >= 4 is 53.3 Å². The molecule has 22 heteroatoms. The van der Waals surface area contributed by atoms with Crippen molar-refractivity contribution in [2.45, 2.75) is 94.9 Å². The van der Waals surface area contributed by atoms with Crippen molar-refractivity contribution in [1.29, 1.82) is 5.41 Å². The molecule has 0 radical (unpaired) electrons. The standard InChI is InChI=1S/C34H52N10O7.C2HF3O2/c1-2-16-40-30(48)23(18-21-10-12-22(13-11-21)28(35)36)31(49)42-25(14-15-27(45)46)33(51)43-24(9-6-17-41-34(38)39)32(50)44-26(29(37)47)19-20-7-4-3-5-8-20;3-2(4,5)1(6)7/h2,10-13,20,23-26H,1,3-9,14-19H2,(H3,35,36)(H2,37,47)(H,40,48)(H,42,49)(H,43,51)(H,44,50)(H,45,46)(H4,38,39,41);(H,6,7)/t23?,24-,25-,26-;/m0./s1. The number of nitrogen functional groups attached to an aromatic ring is 1. The van der Waals surface area contributed by atoms with Crippen molar-refractivity contribution in [2.75, 3.05) is 13.1 Å². The van der Waals surface area contributed by atoms with Gasteiger partial charge in [0.2, 0.25) is 29.5 Å². The third kappa shape index (κ3) is 19.6. The summed E-state index contributed by atoms with van der Waals surface area (Å²) in [5.41, 5.74) is 23.0. The highest BCUT2D eigenvalue weighted by Gasteiger charge is 2.38. The first-order valence-electron chi connectivity index (χ1n) is 18.3. The highest BCUT2D eigenvalue weighted by atomic mass is 19.4. The molecule has 5 amide bonds. The topological polar surface area (TPSA) is 348 Å². The number of rotatable bonds is 22. The zero-order chi connectivity index (χ0) is 44.0. The molecule has 15 N–H and O–H groups in total. The summed E-state index contributed by atoms with van der Waals surface area (Å²) < 4.78 is 31.7. The summed E-state index contributed by atoms with van der Waals surface area (Å²) in [5, 5.41) is 34.4. The van der Waals surface area contributed by atoms with Gasteiger partial charge >= 0.3 is 18.1 Å². The number of amidine groups is 1. The number of aliphatic imine (C=N–C) groups is 1. The van der Waals surface area contributed by atoms with E-state index < -0.39 is 78.1 Å². The Balaban J connectivity index is 0.00000219. The van der Waals surface area contributed by atoms with Gasteiger partial charge in [-0.1, -0.05) is 62.4 Å². The fourth-order valence-electron chi connectivity index (χ4n) is 5.78. The van der Waals surface area contributed by atoms with Crippen LogP contribution in [-0.2, 0) is 40.0 Å². The quantitative estimate of drug-likeness (QED) is 0.0240. The lowest BCUT2D eigenvalue weighted by atomic mass is 9.84. The van der Waals surface area contributed by atoms with Crippen LogP contribution >= 0.6 is 0 Å². The predicted molar refractivity (Wildman–Crippen MR) is 205 cm³/mol. The first-order chi connectivity index (χ1) is 27.2. The number of nitrogens with one attached hydrogen (secondary N) is 5. The summed E-state index contributed by atoms with van der Waals surface area (Å²) in [7, 11) is 0. The van der Waals surface area contributed by atoms with Crippen molar-refractivity contribution in [3.63, 3.8) is 0 Å². The average Bonchev–Trinajstić information content (AvgIpc) is 3.15. The second-order valence-electron chi connectivity index (χ2n) is 13.4. The Hall–Kier alpha value is -6.22. The number of nitrogens with two attached hydrogens (primary N) is 4. The van der Waals surface area contributed by atoms with E-state index in [0.29, 0.717) is 17.5 Å². The molecule has 4 atom stereocenters. The Morgan fingerprint density at radius 1 is 0.845 bits per heavy atom. The molecule has 2 rings (SSSR count). The highest BCUT2D eigenvalue weighted by Crippen LogP contribution is 2.27. The van der Waals surface area contributed by atoms with Gasteiger partial charge in [0.15, 0.2) is 5.96 Å². The number of benzene rings is 1. The Morgan fingerprint density at radius 3 is 1.86 bits per heavy atom. The minimum atomic E-state index is -5.08. The van der Waals surface area contributed by atoms with E-state index in [9.17, 15) is 47.0 Å². The number of guanidine groups is 1. The number of carbonyl (C=O) groups excluding carboxylic acids is 5. The van der Waals surface area contributed by atoms with Crippen LogP contribution in [0.1, 0.15) is 75.3 Å². The number of primary amides is 1. The molecule has 1 fully saturated rings. The van der Waals surface area contributed by atoms with Crippen LogP contribution in [0.4, 0.5) is 13.2 Å². The lowest BCUT2D eigenvalue weighted by molar-refractivity contribution is -0.192. The van der Waals surface area contributed by atoms with Crippen molar-refractivity contribution in [2.24, 2.45) is 39.8 Å². The van der Waals surface area contributed by atoms with Crippen molar-refractivity contribution < 1.29 is 56.9 Å². The maximum atomic E-state index is 13.7. The maximum Gasteiger partial charge on any atom is 0.490 e. The van der Waals surface area contributed by atoms with Crippen LogP contribution in [0.25, 0.3) is 0 Å². The van der Waals surface area contributed by atoms with Gasteiger partial charge in [-0.15, -0.1) is 6.58 Å². The molecular formula is C36H53F3N10O9. The zero-order valence-corrected chi connectivity index (χ0v) is 31.8. The average molecular weight is 827 g/mol. The maximum absolute atomic E-state index is 13.7. The Bertz CT molecular complexity index is 1630. The molecule has 1 saturated carbocycles. The van der Waals surface area contributed by atoms with Gasteiger partial charge in [-0.2, -0.15) is 13.2 Å². The summed E-state index contributed by atoms with van der Waals surface area (Å²) >= 11 is 0. The molecule has 1 aromatic carbocycles. The minimum absolute atomic E-state index is 0.0195. The smallest absolute Gasteiger partial charge is 0.481 e. The number of carboxylic acid groups (broad SMARTS) is 2. The molecule has 19 nitrogen and oxygen atoms in total. The van der Waals surface area contributed by atoms with E-state index >= 15 is 0 Å². The second-order valence-corrected chi connectivity index (χ2v) is 13.4. The van der Waals surface area contributed by atoms with Crippen LogP contribution in [0.3, 0.4) is 0 Å². The van der Waals surface area contributed by atoms with Crippen molar-refractivity contribution in [3.05, 3.63) is 48.0 Å². The van der Waals surface area contributed by atoms with Gasteiger partial charge in [0.25, 0.3) is 0 Å². The molecule has 1 aliphatic carbocycles. The molecular weight excluding hydrogens is 773 g/mol. The second kappa shape index (κ2) is 25.1. The molecule has 1 aromatic rings. The monoisotopic (exact) mass is 826 g/mol. The first-order valence-corrected chi connectivity index (χ1v) is 18.3. The summed E-state index contributed by atoms with van der Waals surface area (Å²) in [5.74, 6) is -9.34. The van der Waals surface area contributed by atoms with Gasteiger partial charge in [0.1, 0.15) is 29.9 Å². The van der Waals surface area contributed by atoms with E-state index in [1.807, 2.05) is 0 Å². The molecule has 322 valence electrons. The van der Waals surface area contributed by atoms with E-state index in [2.05, 4.69) is 32.8 Å². The molecule has 0 spiro atoms. The van der Waals surface area contributed by atoms with Gasteiger partial charge in [0.05, 0.1) is 0 Å². The normalized spacial score (nSPS) is 14.7. The molecule has 0 aromatic heterocycles. The number of halogens is 3. The lowest BCUT2D eigenvalue weighted by Gasteiger charge is -2.28. The highest BCUT2D eigenvalue weighted by molar-refractivity contribution is 6.02. The van der Waals surface area contributed by atoms with E-state index in [1.165, 1.54) is 6.08 Å². The molecule has 0 heterocycles. The fourth-order valence-corrected chi connectivity index (χ4v) is 5.78. The van der Waals surface area contributed by atoms with Crippen LogP contribution in [0.15, 0.2) is 41.9 Å². The number of aliphatic carboxylic acids is 2. The summed E-state index contributed by atoms with van der Waals surface area (Å²) in [4.78, 5) is 90.7. The molecule has 1 aliphatic rings. The van der Waals surface area contributed by atoms with Crippen LogP contribution < -0.4 is 44.2 Å². The molecule has 0 aliphatic heterocycles. The zero-order valence-electron chi connectivity index (χ0n) is 31.8. The van der Waals surface area contributed by atoms with Gasteiger partial charge in [-0.25, -0.2) is 4.79 Å². The van der Waals surface area contributed by atoms with Gasteiger partial charge < -0.3 is 54.4 Å². The number of carboxylic acids is 2. The van der Waals surface area contributed by atoms with Crippen LogP contribution in [0.5, 0.6) is 0 Å². The third-order valence-corrected chi connectivity index (χ3v) is 8.81. The van der Waals surface area contributed by atoms with E-state index in [-0.39, 0.29) is 56.5 Å². The van der Waals surface area contributed by atoms with Crippen LogP contribution in [0, 0.1) is 17.2 Å². The Morgan fingerprint density at radius 2 is 1.38 bits per heavy atom. The largest absolute Gasteiger partial charge is 0.490 e. The number of hydrogen-bond acceptors (Lipinski definition) is 9. The first kappa shape index (κ1) is 49.8. The van der Waals surface area contributed by atoms with Gasteiger partial charge in [0, 0.05) is 25.1 Å². The van der Waals surface area contributed by atoms with Crippen LogP contribution in [-0.4, -0.2) is 101 Å². The van der Waals surface area contributed by atoms with Gasteiger partial charge in [-0.3, -0.25) is 39.2 Å². The predicted octanol–water partition coefficient (Wildman–Crippen LogP) is -0.107. The van der Waals surface area contributed by atoms with E-state index in [1.54, 1.807) is 24.3 Å². The molecule has 0 saturated heterocycles. The van der Waals surface area contributed by atoms with Gasteiger partial charge in [-0.05, 0) is 43.6 Å². The molecule has 0 bridgehead atoms. The fraction of sp³-hybridized carbons (Fsp3) is 0.528. The van der Waals surface area contributed by atoms with E-state index in [4.69, 9.17) is 38.2 Å². The number of carbonyl (C=O) groups is 7. The SMILES string of the molecule is C=CCNC(=O)C(Cc1ccc(C(=N)N)cc1)C(=O)N[C@@H](CCC(=O)O)C(=O)N[C@@H](CCCN=C(N)N)C(=O)N[C@@H](CC1CCCCC1)C(N)=O.O=C(O)C(F)(F)F. The van der Waals surface area contributed by atoms with Crippen molar-refractivity contribution in [1.82, 2.24) is 21.3 Å². The Kier molecular flexibility index (Phi) is 21.6. The van der Waals surface area contributed by atoms with E-state index in [0.717, 1.165) is 32.1 Å². The third-order valence-electron chi connectivity index (χ3n) is 8.81. The number of amides is 5. The summed E-state index contributed by atoms with van der Waals surface area (Å²) in [6.07, 6.45) is 0.881. The summed E-state index contributed by atoms with van der Waals surface area (Å²) in [6.45, 7) is 3.74. The lowest BCUT2D eigenvalue weighted by Crippen LogP contribution is -2.57. The Labute approximate surface area is 332 Å². The molecule has 1 unspecified atom stereocenters. The molecule has 58 heavy (non-hydrogen) atoms. The minimum Gasteiger partial charge on any atom is -0.481 e.